The Labute approximate surface area is 115 Å². The summed E-state index contributed by atoms with van der Waals surface area (Å²) in [6, 6.07) is 8.53. The normalized spacial score (nSPS) is 17.6. The Balaban J connectivity index is 2.41. The van der Waals surface area contributed by atoms with Gasteiger partial charge in [0.1, 0.15) is 0 Å². The highest BCUT2D eigenvalue weighted by Gasteiger charge is 2.25. The highest BCUT2D eigenvalue weighted by atomic mass is 16.5. The molecule has 0 amide bonds. The predicted octanol–water partition coefficient (Wildman–Crippen LogP) is 3.18. The average Bonchev–Trinajstić information content (AvgIpc) is 2.40. The molecule has 1 aliphatic heterocycles. The van der Waals surface area contributed by atoms with E-state index in [1.165, 1.54) is 16.7 Å². The van der Waals surface area contributed by atoms with Gasteiger partial charge in [0.25, 0.3) is 0 Å². The van der Waals surface area contributed by atoms with Gasteiger partial charge < -0.3 is 4.74 Å². The number of hydrogen-bond acceptors (Lipinski definition) is 3. The molecule has 1 aromatic rings. The minimum Gasteiger partial charge on any atom is -0.501 e. The highest BCUT2D eigenvalue weighted by molar-refractivity contribution is 5.39. The van der Waals surface area contributed by atoms with E-state index in [0.29, 0.717) is 0 Å². The zero-order valence-corrected chi connectivity index (χ0v) is 12.1. The van der Waals surface area contributed by atoms with Crippen molar-refractivity contribution >= 4 is 0 Å². The van der Waals surface area contributed by atoms with Crippen LogP contribution in [0.5, 0.6) is 0 Å². The summed E-state index contributed by atoms with van der Waals surface area (Å²) in [5.74, 6) is 5.80. The highest BCUT2D eigenvalue weighted by Crippen LogP contribution is 2.34. The van der Waals surface area contributed by atoms with E-state index in [1.54, 1.807) is 0 Å². The lowest BCUT2D eigenvalue weighted by Gasteiger charge is -2.29. The second-order valence-corrected chi connectivity index (χ2v) is 6.10. The molecule has 0 aliphatic carbocycles. The summed E-state index contributed by atoms with van der Waals surface area (Å²) in [7, 11) is 0. The Morgan fingerprint density at radius 3 is 2.58 bits per heavy atom. The van der Waals surface area contributed by atoms with Crippen LogP contribution in [0.4, 0.5) is 0 Å². The number of nitrogens with two attached hydrogens (primary N) is 1. The molecule has 0 bridgehead atoms. The van der Waals surface area contributed by atoms with Crippen LogP contribution in [0.15, 0.2) is 36.1 Å². The van der Waals surface area contributed by atoms with Crippen LogP contribution in [-0.2, 0) is 10.2 Å². The van der Waals surface area contributed by atoms with E-state index in [0.717, 1.165) is 19.4 Å². The van der Waals surface area contributed by atoms with E-state index < -0.39 is 0 Å². The second kappa shape index (κ2) is 5.76. The molecule has 104 valence electrons. The van der Waals surface area contributed by atoms with Crippen molar-refractivity contribution in [2.45, 2.75) is 45.1 Å². The number of benzene rings is 1. The van der Waals surface area contributed by atoms with Crippen molar-refractivity contribution in [1.29, 1.82) is 0 Å². The van der Waals surface area contributed by atoms with Gasteiger partial charge in [0, 0.05) is 0 Å². The summed E-state index contributed by atoms with van der Waals surface area (Å²) < 4.78 is 5.45. The lowest BCUT2D eigenvalue weighted by molar-refractivity contribution is 0.219. The van der Waals surface area contributed by atoms with Gasteiger partial charge in [-0.2, -0.15) is 0 Å². The lowest BCUT2D eigenvalue weighted by atomic mass is 9.80. The summed E-state index contributed by atoms with van der Waals surface area (Å²) in [5.41, 5.74) is 6.85. The fourth-order valence-corrected chi connectivity index (χ4v) is 2.63. The minimum absolute atomic E-state index is 0.0377. The molecule has 2 rings (SSSR count). The molecule has 1 heterocycles. The third-order valence-corrected chi connectivity index (χ3v) is 3.58. The smallest absolute Gasteiger partial charge is 0.0876 e. The maximum atomic E-state index is 5.80. The summed E-state index contributed by atoms with van der Waals surface area (Å²) >= 11 is 0. The van der Waals surface area contributed by atoms with Crippen molar-refractivity contribution in [1.82, 2.24) is 5.43 Å². The Morgan fingerprint density at radius 1 is 1.26 bits per heavy atom. The van der Waals surface area contributed by atoms with Crippen molar-refractivity contribution in [3.63, 3.8) is 0 Å². The summed E-state index contributed by atoms with van der Waals surface area (Å²) in [4.78, 5) is 0. The monoisotopic (exact) mass is 260 g/mol. The van der Waals surface area contributed by atoms with E-state index in [4.69, 9.17) is 10.6 Å². The molecule has 0 saturated carbocycles. The van der Waals surface area contributed by atoms with Crippen LogP contribution in [0.3, 0.4) is 0 Å². The number of nitrogens with one attached hydrogen (secondary N) is 1. The Morgan fingerprint density at radius 2 is 2.00 bits per heavy atom. The van der Waals surface area contributed by atoms with Crippen LogP contribution in [0.25, 0.3) is 0 Å². The largest absolute Gasteiger partial charge is 0.501 e. The molecule has 1 unspecified atom stereocenters. The van der Waals surface area contributed by atoms with Crippen LogP contribution in [0, 0.1) is 0 Å². The quantitative estimate of drug-likeness (QED) is 0.648. The predicted molar refractivity (Wildman–Crippen MR) is 78.5 cm³/mol. The molecular formula is C16H24N2O. The zero-order chi connectivity index (χ0) is 13.9. The Hall–Kier alpha value is -1.32. The first-order valence-corrected chi connectivity index (χ1v) is 6.90. The molecule has 0 fully saturated rings. The minimum atomic E-state index is 0.0377. The summed E-state index contributed by atoms with van der Waals surface area (Å²) in [6.45, 7) is 7.49. The summed E-state index contributed by atoms with van der Waals surface area (Å²) in [6.07, 6.45) is 3.96. The third kappa shape index (κ3) is 3.17. The number of hydrazine groups is 1. The summed E-state index contributed by atoms with van der Waals surface area (Å²) in [5, 5.41) is 0. The molecule has 19 heavy (non-hydrogen) atoms. The maximum Gasteiger partial charge on any atom is 0.0876 e. The van der Waals surface area contributed by atoms with Gasteiger partial charge in [-0.05, 0) is 35.0 Å². The average molecular weight is 260 g/mol. The molecule has 1 aliphatic rings. The van der Waals surface area contributed by atoms with E-state index >= 15 is 0 Å². The van der Waals surface area contributed by atoms with Crippen molar-refractivity contribution in [3.8, 4) is 0 Å². The van der Waals surface area contributed by atoms with Crippen LogP contribution in [-0.4, -0.2) is 6.61 Å². The molecule has 1 aromatic carbocycles. The number of ether oxygens (including phenoxy) is 1. The van der Waals surface area contributed by atoms with Gasteiger partial charge in [0.2, 0.25) is 0 Å². The SMILES string of the molecule is CC(C)(C)c1ccccc1C(NN)C1=COCCC1. The van der Waals surface area contributed by atoms with Gasteiger partial charge in [-0.1, -0.05) is 45.0 Å². The van der Waals surface area contributed by atoms with Crippen molar-refractivity contribution in [3.05, 3.63) is 47.2 Å². The van der Waals surface area contributed by atoms with Crippen molar-refractivity contribution < 1.29 is 4.74 Å². The number of rotatable bonds is 3. The van der Waals surface area contributed by atoms with Gasteiger partial charge in [0.05, 0.1) is 18.9 Å². The standard InChI is InChI=1S/C16H24N2O/c1-16(2,3)14-9-5-4-8-13(14)15(18-17)12-7-6-10-19-11-12/h4-5,8-9,11,15,18H,6-7,10,17H2,1-3H3. The Kier molecular flexibility index (Phi) is 4.27. The van der Waals surface area contributed by atoms with Gasteiger partial charge in [0.15, 0.2) is 0 Å². The number of hydrogen-bond donors (Lipinski definition) is 2. The second-order valence-electron chi connectivity index (χ2n) is 6.10. The van der Waals surface area contributed by atoms with Crippen molar-refractivity contribution in [2.75, 3.05) is 6.61 Å². The van der Waals surface area contributed by atoms with Crippen LogP contribution in [0.2, 0.25) is 0 Å². The molecule has 0 radical (unpaired) electrons. The molecule has 1 atom stereocenters. The molecular weight excluding hydrogens is 236 g/mol. The molecule has 3 nitrogen and oxygen atoms in total. The Bertz CT molecular complexity index is 460. The van der Waals surface area contributed by atoms with Gasteiger partial charge in [-0.25, -0.2) is 5.43 Å². The van der Waals surface area contributed by atoms with Crippen LogP contribution in [0.1, 0.15) is 50.8 Å². The zero-order valence-electron chi connectivity index (χ0n) is 12.1. The van der Waals surface area contributed by atoms with Crippen LogP contribution < -0.4 is 11.3 Å². The van der Waals surface area contributed by atoms with Gasteiger partial charge >= 0.3 is 0 Å². The van der Waals surface area contributed by atoms with E-state index in [1.807, 2.05) is 6.26 Å². The van der Waals surface area contributed by atoms with Crippen LogP contribution >= 0.6 is 0 Å². The van der Waals surface area contributed by atoms with Gasteiger partial charge in [-0.15, -0.1) is 0 Å². The molecule has 0 aromatic heterocycles. The van der Waals surface area contributed by atoms with E-state index in [2.05, 4.69) is 50.5 Å². The fourth-order valence-electron chi connectivity index (χ4n) is 2.63. The molecule has 3 heteroatoms. The first-order valence-electron chi connectivity index (χ1n) is 6.90. The molecule has 0 saturated heterocycles. The lowest BCUT2D eigenvalue weighted by Crippen LogP contribution is -2.32. The van der Waals surface area contributed by atoms with E-state index in [-0.39, 0.29) is 11.5 Å². The third-order valence-electron chi connectivity index (χ3n) is 3.58. The van der Waals surface area contributed by atoms with Gasteiger partial charge in [-0.3, -0.25) is 5.84 Å². The first-order chi connectivity index (χ1) is 9.04. The fraction of sp³-hybridized carbons (Fsp3) is 0.500. The maximum absolute atomic E-state index is 5.80. The topological polar surface area (TPSA) is 47.3 Å². The first kappa shape index (κ1) is 14.1. The molecule has 3 N–H and O–H groups in total. The molecule has 0 spiro atoms. The van der Waals surface area contributed by atoms with Crippen molar-refractivity contribution in [2.24, 2.45) is 5.84 Å². The van der Waals surface area contributed by atoms with E-state index in [9.17, 15) is 0 Å².